The summed E-state index contributed by atoms with van der Waals surface area (Å²) in [6.45, 7) is 5.03. The molecule has 28 heavy (non-hydrogen) atoms. The summed E-state index contributed by atoms with van der Waals surface area (Å²) in [7, 11) is 0. The van der Waals surface area contributed by atoms with Gasteiger partial charge >= 0.3 is 0 Å². The number of nitrogens with zero attached hydrogens (tertiary/aromatic N) is 2. The van der Waals surface area contributed by atoms with Crippen LogP contribution in [0.25, 0.3) is 0 Å². The van der Waals surface area contributed by atoms with Crippen molar-refractivity contribution in [1.29, 1.82) is 0 Å². The number of hydrogen-bond donors (Lipinski definition) is 1. The molecule has 0 spiro atoms. The van der Waals surface area contributed by atoms with E-state index in [1.54, 1.807) is 11.3 Å². The van der Waals surface area contributed by atoms with E-state index in [9.17, 15) is 9.59 Å². The fourth-order valence-corrected chi connectivity index (χ4v) is 4.90. The van der Waals surface area contributed by atoms with Crippen molar-refractivity contribution in [2.45, 2.75) is 38.8 Å². The zero-order chi connectivity index (χ0) is 19.3. The maximum absolute atomic E-state index is 12.5. The van der Waals surface area contributed by atoms with Crippen molar-refractivity contribution in [1.82, 2.24) is 15.1 Å². The predicted octanol–water partition coefficient (Wildman–Crippen LogP) is 3.05. The molecule has 0 bridgehead atoms. The lowest BCUT2D eigenvalue weighted by molar-refractivity contribution is -0.131. The Morgan fingerprint density at radius 2 is 1.96 bits per heavy atom. The molecule has 1 fully saturated rings. The zero-order valence-corrected chi connectivity index (χ0v) is 17.0. The zero-order valence-electron chi connectivity index (χ0n) is 16.2. The third-order valence-electron chi connectivity index (χ3n) is 5.58. The van der Waals surface area contributed by atoms with Gasteiger partial charge in [0.15, 0.2) is 0 Å². The predicted molar refractivity (Wildman–Crippen MR) is 111 cm³/mol. The maximum atomic E-state index is 12.5. The Hall–Kier alpha value is -2.18. The summed E-state index contributed by atoms with van der Waals surface area (Å²) < 4.78 is 0. The van der Waals surface area contributed by atoms with Crippen LogP contribution in [-0.2, 0) is 24.3 Å². The summed E-state index contributed by atoms with van der Waals surface area (Å²) in [5.74, 6) is 0.00905. The molecule has 0 atom stereocenters. The molecule has 2 aliphatic rings. The molecule has 4 rings (SSSR count). The van der Waals surface area contributed by atoms with E-state index in [4.69, 9.17) is 0 Å². The molecule has 1 aromatic carbocycles. The van der Waals surface area contributed by atoms with Gasteiger partial charge in [0.1, 0.15) is 0 Å². The summed E-state index contributed by atoms with van der Waals surface area (Å²) in [6.07, 6.45) is 3.81. The molecule has 6 heteroatoms. The van der Waals surface area contributed by atoms with Crippen LogP contribution in [0.15, 0.2) is 35.7 Å². The summed E-state index contributed by atoms with van der Waals surface area (Å²) >= 11 is 1.77. The SMILES string of the molecule is O=C(NCCC(=O)N1CCc2sccc2C1)c1cccc(CN2CCCC2)c1. The van der Waals surface area contributed by atoms with Crippen LogP contribution < -0.4 is 5.32 Å². The number of rotatable bonds is 6. The smallest absolute Gasteiger partial charge is 0.251 e. The van der Waals surface area contributed by atoms with Crippen LogP contribution in [-0.4, -0.2) is 47.8 Å². The number of amides is 2. The largest absolute Gasteiger partial charge is 0.352 e. The van der Waals surface area contributed by atoms with E-state index >= 15 is 0 Å². The first kappa shape index (κ1) is 19.2. The van der Waals surface area contributed by atoms with Gasteiger partial charge in [-0.15, -0.1) is 11.3 Å². The lowest BCUT2D eigenvalue weighted by atomic mass is 10.1. The number of thiophene rings is 1. The Labute approximate surface area is 170 Å². The third kappa shape index (κ3) is 4.62. The minimum absolute atomic E-state index is 0.102. The molecule has 0 saturated carbocycles. The minimum atomic E-state index is -0.102. The van der Waals surface area contributed by atoms with Crippen molar-refractivity contribution in [3.8, 4) is 0 Å². The van der Waals surface area contributed by atoms with E-state index in [-0.39, 0.29) is 11.8 Å². The molecule has 0 aliphatic carbocycles. The van der Waals surface area contributed by atoms with Gasteiger partial charge < -0.3 is 10.2 Å². The van der Waals surface area contributed by atoms with Crippen LogP contribution in [0.1, 0.15) is 45.6 Å². The van der Waals surface area contributed by atoms with Crippen molar-refractivity contribution in [3.05, 3.63) is 57.3 Å². The van der Waals surface area contributed by atoms with Gasteiger partial charge in [-0.05, 0) is 67.1 Å². The van der Waals surface area contributed by atoms with Gasteiger partial charge in [0.05, 0.1) is 0 Å². The second-order valence-corrected chi connectivity index (χ2v) is 8.62. The van der Waals surface area contributed by atoms with Gasteiger partial charge in [0.25, 0.3) is 5.91 Å². The molecular weight excluding hydrogens is 370 g/mol. The van der Waals surface area contributed by atoms with Crippen molar-refractivity contribution in [2.24, 2.45) is 0 Å². The number of likely N-dealkylation sites (tertiary alicyclic amines) is 1. The van der Waals surface area contributed by atoms with Crippen LogP contribution in [0.3, 0.4) is 0 Å². The molecule has 0 unspecified atom stereocenters. The number of hydrogen-bond acceptors (Lipinski definition) is 4. The van der Waals surface area contributed by atoms with Gasteiger partial charge in [-0.2, -0.15) is 0 Å². The van der Waals surface area contributed by atoms with Gasteiger partial charge in [-0.3, -0.25) is 14.5 Å². The van der Waals surface area contributed by atoms with E-state index in [0.29, 0.717) is 25.1 Å². The molecule has 2 aromatic rings. The Kier molecular flexibility index (Phi) is 6.07. The number of carbonyl (C=O) groups excluding carboxylic acids is 2. The molecule has 1 N–H and O–H groups in total. The average Bonchev–Trinajstić information content (AvgIpc) is 3.39. The number of carbonyl (C=O) groups is 2. The lowest BCUT2D eigenvalue weighted by Gasteiger charge is -2.27. The van der Waals surface area contributed by atoms with Gasteiger partial charge in [-0.1, -0.05) is 12.1 Å². The lowest BCUT2D eigenvalue weighted by Crippen LogP contribution is -2.37. The molecule has 148 valence electrons. The molecule has 5 nitrogen and oxygen atoms in total. The van der Waals surface area contributed by atoms with Gasteiger partial charge in [0, 0.05) is 43.0 Å². The Morgan fingerprint density at radius 3 is 2.82 bits per heavy atom. The van der Waals surface area contributed by atoms with E-state index < -0.39 is 0 Å². The maximum Gasteiger partial charge on any atom is 0.251 e. The highest BCUT2D eigenvalue weighted by molar-refractivity contribution is 7.10. The highest BCUT2D eigenvalue weighted by Gasteiger charge is 2.21. The normalized spacial score (nSPS) is 16.8. The van der Waals surface area contributed by atoms with E-state index in [1.807, 2.05) is 23.1 Å². The summed E-state index contributed by atoms with van der Waals surface area (Å²) in [5, 5.41) is 5.00. The second kappa shape index (κ2) is 8.88. The summed E-state index contributed by atoms with van der Waals surface area (Å²) in [5.41, 5.74) is 3.11. The van der Waals surface area contributed by atoms with Crippen LogP contribution in [0.5, 0.6) is 0 Å². The Bertz CT molecular complexity index is 842. The first-order valence-electron chi connectivity index (χ1n) is 10.1. The summed E-state index contributed by atoms with van der Waals surface area (Å²) in [6, 6.07) is 9.94. The van der Waals surface area contributed by atoms with Gasteiger partial charge in [0.2, 0.25) is 5.91 Å². The van der Waals surface area contributed by atoms with E-state index in [1.165, 1.54) is 28.8 Å². The van der Waals surface area contributed by atoms with Crippen molar-refractivity contribution < 1.29 is 9.59 Å². The molecule has 0 radical (unpaired) electrons. The van der Waals surface area contributed by atoms with Crippen molar-refractivity contribution in [2.75, 3.05) is 26.2 Å². The third-order valence-corrected chi connectivity index (χ3v) is 6.60. The molecule has 1 saturated heterocycles. The van der Waals surface area contributed by atoms with Crippen LogP contribution in [0.4, 0.5) is 0 Å². The first-order chi connectivity index (χ1) is 13.7. The average molecular weight is 398 g/mol. The number of nitrogens with one attached hydrogen (secondary N) is 1. The Morgan fingerprint density at radius 1 is 1.11 bits per heavy atom. The van der Waals surface area contributed by atoms with E-state index in [2.05, 4.69) is 27.7 Å². The highest BCUT2D eigenvalue weighted by atomic mass is 32.1. The minimum Gasteiger partial charge on any atom is -0.352 e. The fourth-order valence-electron chi connectivity index (χ4n) is 4.01. The monoisotopic (exact) mass is 397 g/mol. The van der Waals surface area contributed by atoms with Crippen LogP contribution in [0.2, 0.25) is 0 Å². The molecule has 3 heterocycles. The molecule has 2 aliphatic heterocycles. The molecular formula is C22H27N3O2S. The number of fused-ring (bicyclic) bond motifs is 1. The highest BCUT2D eigenvalue weighted by Crippen LogP contribution is 2.24. The molecule has 2 amide bonds. The topological polar surface area (TPSA) is 52.7 Å². The second-order valence-electron chi connectivity index (χ2n) is 7.62. The first-order valence-corrected chi connectivity index (χ1v) is 11.0. The van der Waals surface area contributed by atoms with Gasteiger partial charge in [-0.25, -0.2) is 0 Å². The van der Waals surface area contributed by atoms with Crippen molar-refractivity contribution >= 4 is 23.2 Å². The van der Waals surface area contributed by atoms with Crippen molar-refractivity contribution in [3.63, 3.8) is 0 Å². The standard InChI is InChI=1S/C22H27N3O2S/c26-21(25-12-7-20-19(16-25)8-13-28-20)6-9-23-22(27)18-5-3-4-17(14-18)15-24-10-1-2-11-24/h3-5,8,13-14H,1-2,6-7,9-12,15-16H2,(H,23,27). The Balaban J connectivity index is 1.25. The van der Waals surface area contributed by atoms with E-state index in [0.717, 1.165) is 32.6 Å². The van der Waals surface area contributed by atoms with Crippen LogP contribution in [0, 0.1) is 0 Å². The van der Waals surface area contributed by atoms with Crippen LogP contribution >= 0.6 is 11.3 Å². The number of benzene rings is 1. The quantitative estimate of drug-likeness (QED) is 0.815. The summed E-state index contributed by atoms with van der Waals surface area (Å²) in [4.78, 5) is 30.7. The molecule has 1 aromatic heterocycles. The fraction of sp³-hybridized carbons (Fsp3) is 0.455.